The molecule has 2 nitrogen and oxygen atoms in total. The zero-order valence-corrected chi connectivity index (χ0v) is 8.55. The van der Waals surface area contributed by atoms with Crippen LogP contribution in [0.25, 0.3) is 0 Å². The van der Waals surface area contributed by atoms with E-state index in [0.717, 1.165) is 12.8 Å². The number of ketones is 1. The minimum atomic E-state index is -0.303. The standard InChI is InChI=1S/C11H19NO/c1-4-6-7-8-10(13)11(12)9(3)5-2/h1,9,11H,5-8,12H2,2-3H3. The maximum atomic E-state index is 11.4. The molecule has 0 aliphatic carbocycles. The number of unbranched alkanes of at least 4 members (excludes halogenated alkanes) is 1. The van der Waals surface area contributed by atoms with Gasteiger partial charge in [0.15, 0.2) is 0 Å². The van der Waals surface area contributed by atoms with Crippen LogP contribution in [0.15, 0.2) is 0 Å². The summed E-state index contributed by atoms with van der Waals surface area (Å²) in [6, 6.07) is -0.303. The van der Waals surface area contributed by atoms with Gasteiger partial charge in [0.05, 0.1) is 6.04 Å². The number of hydrogen-bond acceptors (Lipinski definition) is 2. The molecule has 0 saturated heterocycles. The number of Topliss-reactive ketones (excluding diaryl/α,β-unsaturated/α-hetero) is 1. The van der Waals surface area contributed by atoms with Crippen molar-refractivity contribution in [3.8, 4) is 12.3 Å². The molecule has 0 aromatic rings. The van der Waals surface area contributed by atoms with Crippen LogP contribution in [0.2, 0.25) is 0 Å². The fourth-order valence-corrected chi connectivity index (χ4v) is 1.10. The first kappa shape index (κ1) is 12.2. The number of carbonyl (C=O) groups excluding carboxylic acids is 1. The summed E-state index contributed by atoms with van der Waals surface area (Å²) in [6.07, 6.45) is 7.98. The first-order valence-corrected chi connectivity index (χ1v) is 4.85. The second-order valence-electron chi connectivity index (χ2n) is 3.44. The van der Waals surface area contributed by atoms with Gasteiger partial charge in [-0.05, 0) is 12.3 Å². The zero-order valence-electron chi connectivity index (χ0n) is 8.55. The minimum absolute atomic E-state index is 0.143. The van der Waals surface area contributed by atoms with E-state index in [0.29, 0.717) is 12.8 Å². The number of rotatable bonds is 6. The molecule has 2 atom stereocenters. The molecule has 0 fully saturated rings. The molecular weight excluding hydrogens is 162 g/mol. The van der Waals surface area contributed by atoms with Crippen LogP contribution in [0.5, 0.6) is 0 Å². The monoisotopic (exact) mass is 181 g/mol. The van der Waals surface area contributed by atoms with Crippen LogP contribution in [0, 0.1) is 18.3 Å². The fraction of sp³-hybridized carbons (Fsp3) is 0.727. The van der Waals surface area contributed by atoms with Crippen molar-refractivity contribution in [1.82, 2.24) is 0 Å². The highest BCUT2D eigenvalue weighted by atomic mass is 16.1. The maximum Gasteiger partial charge on any atom is 0.149 e. The van der Waals surface area contributed by atoms with Gasteiger partial charge in [0.1, 0.15) is 5.78 Å². The van der Waals surface area contributed by atoms with E-state index in [1.54, 1.807) is 0 Å². The van der Waals surface area contributed by atoms with Crippen molar-refractivity contribution >= 4 is 5.78 Å². The van der Waals surface area contributed by atoms with Crippen molar-refractivity contribution in [3.63, 3.8) is 0 Å². The van der Waals surface area contributed by atoms with Crippen LogP contribution >= 0.6 is 0 Å². The topological polar surface area (TPSA) is 43.1 Å². The van der Waals surface area contributed by atoms with Crippen LogP contribution in [-0.2, 0) is 4.79 Å². The molecule has 0 saturated carbocycles. The van der Waals surface area contributed by atoms with Gasteiger partial charge >= 0.3 is 0 Å². The van der Waals surface area contributed by atoms with E-state index >= 15 is 0 Å². The van der Waals surface area contributed by atoms with E-state index in [9.17, 15) is 4.79 Å². The fourth-order valence-electron chi connectivity index (χ4n) is 1.10. The summed E-state index contributed by atoms with van der Waals surface area (Å²) in [5.74, 6) is 2.93. The Balaban J connectivity index is 3.77. The Kier molecular flexibility index (Phi) is 6.26. The smallest absolute Gasteiger partial charge is 0.149 e. The number of terminal acetylenes is 1. The van der Waals surface area contributed by atoms with E-state index in [2.05, 4.69) is 5.92 Å². The molecule has 0 amide bonds. The summed E-state index contributed by atoms with van der Waals surface area (Å²) in [7, 11) is 0. The van der Waals surface area contributed by atoms with E-state index in [1.807, 2.05) is 13.8 Å². The van der Waals surface area contributed by atoms with Gasteiger partial charge in [0.25, 0.3) is 0 Å². The molecule has 0 rings (SSSR count). The predicted molar refractivity (Wildman–Crippen MR) is 55.1 cm³/mol. The molecule has 0 aromatic heterocycles. The van der Waals surface area contributed by atoms with Crippen LogP contribution in [0.1, 0.15) is 39.5 Å². The second-order valence-corrected chi connectivity index (χ2v) is 3.44. The van der Waals surface area contributed by atoms with Crippen LogP contribution in [-0.4, -0.2) is 11.8 Å². The first-order chi connectivity index (χ1) is 6.13. The van der Waals surface area contributed by atoms with Crippen LogP contribution < -0.4 is 5.73 Å². The van der Waals surface area contributed by atoms with E-state index in [-0.39, 0.29) is 17.7 Å². The lowest BCUT2D eigenvalue weighted by Crippen LogP contribution is -2.36. The van der Waals surface area contributed by atoms with Crippen molar-refractivity contribution in [2.24, 2.45) is 11.7 Å². The van der Waals surface area contributed by atoms with E-state index in [4.69, 9.17) is 12.2 Å². The van der Waals surface area contributed by atoms with Crippen LogP contribution in [0.3, 0.4) is 0 Å². The molecule has 13 heavy (non-hydrogen) atoms. The molecule has 0 radical (unpaired) electrons. The summed E-state index contributed by atoms with van der Waals surface area (Å²) >= 11 is 0. The summed E-state index contributed by atoms with van der Waals surface area (Å²) in [5, 5.41) is 0. The summed E-state index contributed by atoms with van der Waals surface area (Å²) < 4.78 is 0. The normalized spacial score (nSPS) is 14.6. The zero-order chi connectivity index (χ0) is 10.3. The molecule has 0 aliphatic rings. The van der Waals surface area contributed by atoms with Gasteiger partial charge in [-0.3, -0.25) is 4.79 Å². The van der Waals surface area contributed by atoms with Crippen molar-refractivity contribution in [3.05, 3.63) is 0 Å². The lowest BCUT2D eigenvalue weighted by Gasteiger charge is -2.16. The van der Waals surface area contributed by atoms with Gasteiger partial charge in [-0.25, -0.2) is 0 Å². The van der Waals surface area contributed by atoms with Gasteiger partial charge in [-0.15, -0.1) is 12.3 Å². The third-order valence-electron chi connectivity index (χ3n) is 2.37. The van der Waals surface area contributed by atoms with Crippen molar-refractivity contribution in [2.75, 3.05) is 0 Å². The molecule has 0 aromatic carbocycles. The Labute approximate surface area is 80.9 Å². The molecule has 0 heterocycles. The average Bonchev–Trinajstić information content (AvgIpc) is 2.15. The molecule has 0 aliphatic heterocycles. The highest BCUT2D eigenvalue weighted by molar-refractivity contribution is 5.83. The van der Waals surface area contributed by atoms with Crippen LogP contribution in [0.4, 0.5) is 0 Å². The lowest BCUT2D eigenvalue weighted by atomic mass is 9.94. The van der Waals surface area contributed by atoms with Gasteiger partial charge < -0.3 is 5.73 Å². The summed E-state index contributed by atoms with van der Waals surface area (Å²) in [5.41, 5.74) is 5.75. The first-order valence-electron chi connectivity index (χ1n) is 4.85. The molecule has 74 valence electrons. The lowest BCUT2D eigenvalue weighted by molar-refractivity contribution is -0.121. The van der Waals surface area contributed by atoms with Crippen molar-refractivity contribution in [1.29, 1.82) is 0 Å². The Morgan fingerprint density at radius 2 is 2.23 bits per heavy atom. The highest BCUT2D eigenvalue weighted by Gasteiger charge is 2.18. The van der Waals surface area contributed by atoms with E-state index < -0.39 is 0 Å². The summed E-state index contributed by atoms with van der Waals surface area (Å²) in [4.78, 5) is 11.4. The largest absolute Gasteiger partial charge is 0.321 e. The van der Waals surface area contributed by atoms with Gasteiger partial charge in [0, 0.05) is 12.8 Å². The number of carbonyl (C=O) groups is 1. The number of nitrogens with two attached hydrogens (primary N) is 1. The second kappa shape index (κ2) is 6.68. The van der Waals surface area contributed by atoms with E-state index in [1.165, 1.54) is 0 Å². The number of hydrogen-bond donors (Lipinski definition) is 1. The Morgan fingerprint density at radius 3 is 2.69 bits per heavy atom. The highest BCUT2D eigenvalue weighted by Crippen LogP contribution is 2.09. The Morgan fingerprint density at radius 1 is 1.62 bits per heavy atom. The maximum absolute atomic E-state index is 11.4. The van der Waals surface area contributed by atoms with Gasteiger partial charge in [-0.2, -0.15) is 0 Å². The molecule has 2 heteroatoms. The van der Waals surface area contributed by atoms with Crippen molar-refractivity contribution in [2.45, 2.75) is 45.6 Å². The molecule has 2 N–H and O–H groups in total. The third-order valence-corrected chi connectivity index (χ3v) is 2.37. The molecule has 0 bridgehead atoms. The predicted octanol–water partition coefficient (Wildman–Crippen LogP) is 1.73. The third kappa shape index (κ3) is 4.69. The minimum Gasteiger partial charge on any atom is -0.321 e. The van der Waals surface area contributed by atoms with Crippen molar-refractivity contribution < 1.29 is 4.79 Å². The quantitative estimate of drug-likeness (QED) is 0.501. The molecule has 0 spiro atoms. The summed E-state index contributed by atoms with van der Waals surface area (Å²) in [6.45, 7) is 4.04. The Bertz CT molecular complexity index is 193. The molecular formula is C11H19NO. The van der Waals surface area contributed by atoms with Gasteiger partial charge in [0.2, 0.25) is 0 Å². The Hall–Kier alpha value is -0.810. The van der Waals surface area contributed by atoms with Gasteiger partial charge in [-0.1, -0.05) is 20.3 Å². The SMILES string of the molecule is C#CCCCC(=O)C(N)C(C)CC. The average molecular weight is 181 g/mol. The molecule has 2 unspecified atom stereocenters.